The molecule has 8 nitrogen and oxygen atoms in total. The van der Waals surface area contributed by atoms with Gasteiger partial charge in [0.05, 0.1) is 10.7 Å². The average molecular weight is 493 g/mol. The van der Waals surface area contributed by atoms with Gasteiger partial charge < -0.3 is 9.80 Å². The summed E-state index contributed by atoms with van der Waals surface area (Å²) in [5.41, 5.74) is 2.40. The Balaban J connectivity index is 1.36. The summed E-state index contributed by atoms with van der Waals surface area (Å²) in [7, 11) is 0.941. The van der Waals surface area contributed by atoms with E-state index in [-0.39, 0.29) is 11.6 Å². The summed E-state index contributed by atoms with van der Waals surface area (Å²) in [5, 5.41) is 5.02. The Morgan fingerprint density at radius 2 is 1.91 bits per heavy atom. The zero-order chi connectivity index (χ0) is 23.6. The molecule has 10 heteroatoms. The number of likely N-dealkylation sites (tertiary alicyclic amines) is 1. The first-order valence-electron chi connectivity index (χ1n) is 11.4. The third-order valence-electron chi connectivity index (χ3n) is 6.94. The van der Waals surface area contributed by atoms with E-state index >= 15 is 0 Å². The van der Waals surface area contributed by atoms with Gasteiger partial charge in [-0.25, -0.2) is 9.00 Å². The van der Waals surface area contributed by atoms with Crippen molar-refractivity contribution in [2.75, 3.05) is 49.1 Å². The SMILES string of the molecule is CN(Cc1ccc(Cl)c(N2CCCC2)c1)C1(C)CCN(C(=O)n2ccc(NS(C)=O)n2)CC1. The number of anilines is 2. The van der Waals surface area contributed by atoms with Crippen molar-refractivity contribution < 1.29 is 9.00 Å². The van der Waals surface area contributed by atoms with Gasteiger partial charge in [-0.1, -0.05) is 17.7 Å². The molecule has 2 aromatic rings. The number of halogens is 1. The lowest BCUT2D eigenvalue weighted by atomic mass is 9.87. The molecule has 0 radical (unpaired) electrons. The predicted molar refractivity (Wildman–Crippen MR) is 134 cm³/mol. The molecule has 1 N–H and O–H groups in total. The number of rotatable bonds is 6. The summed E-state index contributed by atoms with van der Waals surface area (Å²) >= 11 is 6.49. The van der Waals surface area contributed by atoms with Crippen LogP contribution >= 0.6 is 11.6 Å². The molecule has 1 unspecified atom stereocenters. The van der Waals surface area contributed by atoms with Gasteiger partial charge in [0.15, 0.2) is 5.82 Å². The lowest BCUT2D eigenvalue weighted by Gasteiger charge is -2.45. The van der Waals surface area contributed by atoms with Gasteiger partial charge in [-0.2, -0.15) is 4.68 Å². The molecule has 1 amide bonds. The summed E-state index contributed by atoms with van der Waals surface area (Å²) in [4.78, 5) is 19.5. The maximum atomic E-state index is 12.9. The third kappa shape index (κ3) is 5.53. The summed E-state index contributed by atoms with van der Waals surface area (Å²) < 4.78 is 15.3. The van der Waals surface area contributed by atoms with E-state index in [9.17, 15) is 9.00 Å². The first kappa shape index (κ1) is 24.0. The number of hydrogen-bond acceptors (Lipinski definition) is 5. The molecule has 0 spiro atoms. The Morgan fingerprint density at radius 3 is 2.58 bits per heavy atom. The molecular weight excluding hydrogens is 460 g/mol. The molecule has 180 valence electrons. The number of carbonyl (C=O) groups is 1. The van der Waals surface area contributed by atoms with Crippen LogP contribution in [0.15, 0.2) is 30.5 Å². The molecule has 33 heavy (non-hydrogen) atoms. The molecule has 3 heterocycles. The second-order valence-electron chi connectivity index (χ2n) is 9.30. The highest BCUT2D eigenvalue weighted by Crippen LogP contribution is 2.33. The minimum absolute atomic E-state index is 0.000164. The minimum atomic E-state index is -1.22. The molecule has 1 aromatic heterocycles. The number of benzene rings is 1. The van der Waals surface area contributed by atoms with Crippen molar-refractivity contribution in [1.82, 2.24) is 19.6 Å². The zero-order valence-corrected chi connectivity index (χ0v) is 21.2. The summed E-state index contributed by atoms with van der Waals surface area (Å²) in [6, 6.07) is 7.88. The van der Waals surface area contributed by atoms with E-state index in [0.717, 1.165) is 43.2 Å². The van der Waals surface area contributed by atoms with Gasteiger partial charge in [0.2, 0.25) is 0 Å². The second kappa shape index (κ2) is 10.0. The summed E-state index contributed by atoms with van der Waals surface area (Å²) in [6.45, 7) is 6.60. The smallest absolute Gasteiger partial charge is 0.344 e. The lowest BCUT2D eigenvalue weighted by molar-refractivity contribution is 0.0585. The van der Waals surface area contributed by atoms with E-state index in [1.165, 1.54) is 29.3 Å². The van der Waals surface area contributed by atoms with Gasteiger partial charge in [-0.05, 0) is 57.4 Å². The lowest BCUT2D eigenvalue weighted by Crippen LogP contribution is -2.53. The Morgan fingerprint density at radius 1 is 1.21 bits per heavy atom. The van der Waals surface area contributed by atoms with Crippen molar-refractivity contribution >= 4 is 40.1 Å². The number of nitrogens with one attached hydrogen (secondary N) is 1. The van der Waals surface area contributed by atoms with E-state index in [0.29, 0.717) is 18.9 Å². The summed E-state index contributed by atoms with van der Waals surface area (Å²) in [6.07, 6.45) is 7.35. The van der Waals surface area contributed by atoms with Gasteiger partial charge in [0.25, 0.3) is 0 Å². The molecule has 0 aliphatic carbocycles. The Kier molecular flexibility index (Phi) is 7.31. The van der Waals surface area contributed by atoms with Gasteiger partial charge in [0.1, 0.15) is 11.0 Å². The highest BCUT2D eigenvalue weighted by Gasteiger charge is 2.35. The van der Waals surface area contributed by atoms with Crippen LogP contribution in [0.3, 0.4) is 0 Å². The maximum Gasteiger partial charge on any atom is 0.344 e. The maximum absolute atomic E-state index is 12.9. The Bertz CT molecular complexity index is 1010. The first-order valence-corrected chi connectivity index (χ1v) is 13.4. The van der Waals surface area contributed by atoms with Crippen LogP contribution in [0.5, 0.6) is 0 Å². The number of carbonyl (C=O) groups excluding carboxylic acids is 1. The van der Waals surface area contributed by atoms with Crippen molar-refractivity contribution in [2.24, 2.45) is 0 Å². The van der Waals surface area contributed by atoms with Crippen molar-refractivity contribution in [2.45, 2.75) is 44.7 Å². The van der Waals surface area contributed by atoms with Crippen LogP contribution in [0.25, 0.3) is 0 Å². The van der Waals surface area contributed by atoms with Crippen molar-refractivity contribution in [1.29, 1.82) is 0 Å². The zero-order valence-electron chi connectivity index (χ0n) is 19.6. The van der Waals surface area contributed by atoms with E-state index in [1.54, 1.807) is 12.3 Å². The number of nitrogens with zero attached hydrogens (tertiary/aromatic N) is 5. The number of hydrogen-bond donors (Lipinski definition) is 1. The van der Waals surface area contributed by atoms with Crippen LogP contribution in [0.4, 0.5) is 16.3 Å². The van der Waals surface area contributed by atoms with Gasteiger partial charge in [-0.3, -0.25) is 9.62 Å². The first-order chi connectivity index (χ1) is 15.7. The van der Waals surface area contributed by atoms with E-state index in [1.807, 2.05) is 11.0 Å². The van der Waals surface area contributed by atoms with E-state index in [2.05, 4.69) is 45.7 Å². The average Bonchev–Trinajstić information content (AvgIpc) is 3.47. The normalized spacial score (nSPS) is 19.2. The van der Waals surface area contributed by atoms with Gasteiger partial charge in [0, 0.05) is 56.8 Å². The highest BCUT2D eigenvalue weighted by atomic mass is 35.5. The quantitative estimate of drug-likeness (QED) is 0.664. The molecule has 1 aromatic carbocycles. The molecule has 0 saturated carbocycles. The largest absolute Gasteiger partial charge is 0.370 e. The molecule has 4 rings (SSSR count). The number of aromatic nitrogens is 2. The van der Waals surface area contributed by atoms with Crippen molar-refractivity contribution in [3.63, 3.8) is 0 Å². The molecule has 0 bridgehead atoms. The molecule has 2 saturated heterocycles. The molecular formula is C23H33ClN6O2S. The van der Waals surface area contributed by atoms with Crippen LogP contribution in [0, 0.1) is 0 Å². The van der Waals surface area contributed by atoms with E-state index in [4.69, 9.17) is 11.6 Å². The molecule has 1 atom stereocenters. The minimum Gasteiger partial charge on any atom is -0.370 e. The van der Waals surface area contributed by atoms with Gasteiger partial charge >= 0.3 is 6.03 Å². The van der Waals surface area contributed by atoms with Crippen LogP contribution < -0.4 is 9.62 Å². The van der Waals surface area contributed by atoms with Crippen molar-refractivity contribution in [3.8, 4) is 0 Å². The number of amides is 1. The molecule has 2 aliphatic rings. The fourth-order valence-corrected chi connectivity index (χ4v) is 5.30. The topological polar surface area (TPSA) is 73.7 Å². The fraction of sp³-hybridized carbons (Fsp3) is 0.565. The van der Waals surface area contributed by atoms with E-state index < -0.39 is 11.0 Å². The van der Waals surface area contributed by atoms with Crippen LogP contribution in [-0.4, -0.2) is 74.8 Å². The second-order valence-corrected chi connectivity index (χ2v) is 10.8. The van der Waals surface area contributed by atoms with Gasteiger partial charge in [-0.15, -0.1) is 5.10 Å². The van der Waals surface area contributed by atoms with Crippen molar-refractivity contribution in [3.05, 3.63) is 41.0 Å². The van der Waals surface area contributed by atoms with Crippen LogP contribution in [-0.2, 0) is 17.5 Å². The summed E-state index contributed by atoms with van der Waals surface area (Å²) in [5.74, 6) is 0.432. The standard InChI is InChI=1S/C23H33ClN6O2S/c1-23(27(2)17-18-6-7-19(24)20(16-18)28-11-4-5-12-28)9-14-29(15-10-23)22(31)30-13-8-21(25-30)26-33(3)32/h6-8,13,16H,4-5,9-12,14-15,17H2,1-3H3,(H,25,26). The number of piperidine rings is 1. The molecule has 2 fully saturated rings. The predicted octanol–water partition coefficient (Wildman–Crippen LogP) is 3.80. The Hall–Kier alpha value is -2.10. The molecule has 2 aliphatic heterocycles. The highest BCUT2D eigenvalue weighted by molar-refractivity contribution is 7.85. The third-order valence-corrected chi connectivity index (χ3v) is 7.76. The van der Waals surface area contributed by atoms with Crippen LogP contribution in [0.2, 0.25) is 5.02 Å². The van der Waals surface area contributed by atoms with Crippen LogP contribution in [0.1, 0.15) is 38.2 Å². The monoisotopic (exact) mass is 492 g/mol. The fourth-order valence-electron chi connectivity index (χ4n) is 4.66. The Labute approximate surface area is 203 Å².